The summed E-state index contributed by atoms with van der Waals surface area (Å²) >= 11 is 0. The zero-order valence-corrected chi connectivity index (χ0v) is 15.4. The van der Waals surface area contributed by atoms with Crippen LogP contribution in [0.15, 0.2) is 18.2 Å². The molecule has 0 saturated heterocycles. The lowest BCUT2D eigenvalue weighted by Crippen LogP contribution is -2.37. The highest BCUT2D eigenvalue weighted by molar-refractivity contribution is 7.88. The van der Waals surface area contributed by atoms with E-state index in [0.29, 0.717) is 13.1 Å². The van der Waals surface area contributed by atoms with Gasteiger partial charge in [-0.1, -0.05) is 18.2 Å². The van der Waals surface area contributed by atoms with E-state index in [1.807, 2.05) is 51.0 Å². The molecule has 0 saturated carbocycles. The summed E-state index contributed by atoms with van der Waals surface area (Å²) in [6.45, 7) is 5.04. The molecule has 0 radical (unpaired) electrons. The maximum atomic E-state index is 12.1. The lowest BCUT2D eigenvalue weighted by Gasteiger charge is -2.21. The van der Waals surface area contributed by atoms with E-state index >= 15 is 0 Å². The first-order chi connectivity index (χ1) is 10.6. The SMILES string of the molecule is Cc1cccc(C)c1NC(=O)CCN(CCN(C)C)S(C)(=O)=O. The van der Waals surface area contributed by atoms with Crippen molar-refractivity contribution in [2.24, 2.45) is 0 Å². The predicted molar refractivity (Wildman–Crippen MR) is 94.1 cm³/mol. The zero-order valence-electron chi connectivity index (χ0n) is 14.6. The van der Waals surface area contributed by atoms with Gasteiger partial charge >= 0.3 is 0 Å². The minimum absolute atomic E-state index is 0.133. The number of aryl methyl sites for hydroxylation is 2. The maximum absolute atomic E-state index is 12.1. The number of sulfonamides is 1. The van der Waals surface area contributed by atoms with Crippen LogP contribution < -0.4 is 5.32 Å². The Hall–Kier alpha value is -1.44. The summed E-state index contributed by atoms with van der Waals surface area (Å²) in [6.07, 6.45) is 1.31. The Morgan fingerprint density at radius 2 is 1.65 bits per heavy atom. The Balaban J connectivity index is 2.65. The lowest BCUT2D eigenvalue weighted by molar-refractivity contribution is -0.116. The third kappa shape index (κ3) is 6.68. The molecular formula is C16H27N3O3S. The summed E-state index contributed by atoms with van der Waals surface area (Å²) in [5, 5.41) is 2.88. The molecule has 6 nitrogen and oxygen atoms in total. The molecule has 1 N–H and O–H groups in total. The van der Waals surface area contributed by atoms with E-state index in [-0.39, 0.29) is 18.9 Å². The molecule has 23 heavy (non-hydrogen) atoms. The molecule has 1 amide bonds. The highest BCUT2D eigenvalue weighted by Crippen LogP contribution is 2.19. The van der Waals surface area contributed by atoms with Crippen molar-refractivity contribution in [2.75, 3.05) is 45.3 Å². The van der Waals surface area contributed by atoms with Crippen LogP contribution in [0.5, 0.6) is 0 Å². The van der Waals surface area contributed by atoms with Gasteiger partial charge < -0.3 is 10.2 Å². The van der Waals surface area contributed by atoms with Gasteiger partial charge in [-0.15, -0.1) is 0 Å². The number of anilines is 1. The second kappa shape index (κ2) is 8.42. The van der Waals surface area contributed by atoms with Crippen molar-refractivity contribution >= 4 is 21.6 Å². The van der Waals surface area contributed by atoms with Gasteiger partial charge in [0, 0.05) is 31.7 Å². The van der Waals surface area contributed by atoms with Gasteiger partial charge in [0.25, 0.3) is 0 Å². The smallest absolute Gasteiger partial charge is 0.225 e. The van der Waals surface area contributed by atoms with Crippen molar-refractivity contribution < 1.29 is 13.2 Å². The molecule has 0 aliphatic heterocycles. The molecule has 7 heteroatoms. The predicted octanol–water partition coefficient (Wildman–Crippen LogP) is 1.46. The molecule has 0 aliphatic rings. The summed E-state index contributed by atoms with van der Waals surface area (Å²) in [5.41, 5.74) is 2.79. The largest absolute Gasteiger partial charge is 0.326 e. The van der Waals surface area contributed by atoms with Crippen molar-refractivity contribution in [3.8, 4) is 0 Å². The van der Waals surface area contributed by atoms with Gasteiger partial charge in [-0.25, -0.2) is 12.7 Å². The number of likely N-dealkylation sites (N-methyl/N-ethyl adjacent to an activating group) is 1. The van der Waals surface area contributed by atoms with Gasteiger partial charge in [0.2, 0.25) is 15.9 Å². The van der Waals surface area contributed by atoms with Crippen LogP contribution in [-0.4, -0.2) is 63.5 Å². The van der Waals surface area contributed by atoms with Crippen LogP contribution in [0.4, 0.5) is 5.69 Å². The highest BCUT2D eigenvalue weighted by atomic mass is 32.2. The van der Waals surface area contributed by atoms with Crippen LogP contribution in [0.3, 0.4) is 0 Å². The molecule has 0 unspecified atom stereocenters. The van der Waals surface area contributed by atoms with E-state index < -0.39 is 10.0 Å². The van der Waals surface area contributed by atoms with Crippen LogP contribution in [0, 0.1) is 13.8 Å². The number of rotatable bonds is 8. The topological polar surface area (TPSA) is 69.7 Å². The van der Waals surface area contributed by atoms with E-state index in [2.05, 4.69) is 5.32 Å². The minimum Gasteiger partial charge on any atom is -0.326 e. The Morgan fingerprint density at radius 3 is 2.13 bits per heavy atom. The summed E-state index contributed by atoms with van der Waals surface area (Å²) in [6, 6.07) is 5.80. The molecule has 0 atom stereocenters. The summed E-state index contributed by atoms with van der Waals surface area (Å²) < 4.78 is 24.9. The van der Waals surface area contributed by atoms with E-state index in [1.54, 1.807) is 0 Å². The van der Waals surface area contributed by atoms with Crippen LogP contribution >= 0.6 is 0 Å². The van der Waals surface area contributed by atoms with E-state index in [9.17, 15) is 13.2 Å². The quantitative estimate of drug-likeness (QED) is 0.777. The number of nitrogens with one attached hydrogen (secondary N) is 1. The zero-order chi connectivity index (χ0) is 17.6. The van der Waals surface area contributed by atoms with Gasteiger partial charge in [0.1, 0.15) is 0 Å². The first-order valence-corrected chi connectivity index (χ1v) is 9.42. The van der Waals surface area contributed by atoms with Crippen LogP contribution in [-0.2, 0) is 14.8 Å². The molecular weight excluding hydrogens is 314 g/mol. The molecule has 0 fully saturated rings. The standard InChI is InChI=1S/C16H27N3O3S/c1-13-7-6-8-14(2)16(13)17-15(20)9-10-19(23(5,21)22)12-11-18(3)4/h6-8H,9-12H2,1-5H3,(H,17,20). The molecule has 1 aromatic rings. The monoisotopic (exact) mass is 341 g/mol. The number of hydrogen-bond donors (Lipinski definition) is 1. The molecule has 130 valence electrons. The average Bonchev–Trinajstić information content (AvgIpc) is 2.41. The third-order valence-corrected chi connectivity index (χ3v) is 4.90. The molecule has 0 heterocycles. The fraction of sp³-hybridized carbons (Fsp3) is 0.562. The Morgan fingerprint density at radius 1 is 1.09 bits per heavy atom. The van der Waals surface area contributed by atoms with Crippen LogP contribution in [0.2, 0.25) is 0 Å². The summed E-state index contributed by atoms with van der Waals surface area (Å²) in [4.78, 5) is 14.1. The fourth-order valence-corrected chi connectivity index (χ4v) is 3.03. The van der Waals surface area contributed by atoms with E-state index in [4.69, 9.17) is 0 Å². The molecule has 0 spiro atoms. The van der Waals surface area contributed by atoms with Gasteiger partial charge in [-0.05, 0) is 39.1 Å². The van der Waals surface area contributed by atoms with Gasteiger partial charge in [0.05, 0.1) is 6.26 Å². The van der Waals surface area contributed by atoms with Crippen molar-refractivity contribution in [3.63, 3.8) is 0 Å². The summed E-state index contributed by atoms with van der Waals surface area (Å²) in [5.74, 6) is -0.180. The summed E-state index contributed by atoms with van der Waals surface area (Å²) in [7, 11) is 0.447. The second-order valence-electron chi connectivity index (χ2n) is 6.03. The Bertz CT molecular complexity index is 622. The van der Waals surface area contributed by atoms with E-state index in [1.165, 1.54) is 10.6 Å². The van der Waals surface area contributed by atoms with Crippen molar-refractivity contribution in [1.29, 1.82) is 0 Å². The normalized spacial score (nSPS) is 12.0. The number of benzene rings is 1. The van der Waals surface area contributed by atoms with Gasteiger partial charge in [-0.3, -0.25) is 4.79 Å². The first kappa shape index (κ1) is 19.6. The number of carbonyl (C=O) groups excluding carboxylic acids is 1. The molecule has 1 aromatic carbocycles. The number of amides is 1. The molecule has 0 aliphatic carbocycles. The highest BCUT2D eigenvalue weighted by Gasteiger charge is 2.18. The second-order valence-corrected chi connectivity index (χ2v) is 8.01. The van der Waals surface area contributed by atoms with Crippen molar-refractivity contribution in [3.05, 3.63) is 29.3 Å². The Labute approximate surface area is 139 Å². The van der Waals surface area contributed by atoms with E-state index in [0.717, 1.165) is 16.8 Å². The van der Waals surface area contributed by atoms with Crippen LogP contribution in [0.1, 0.15) is 17.5 Å². The van der Waals surface area contributed by atoms with Gasteiger partial charge in [-0.2, -0.15) is 0 Å². The molecule has 0 aromatic heterocycles. The average molecular weight is 341 g/mol. The molecule has 0 bridgehead atoms. The molecule has 1 rings (SSSR count). The maximum Gasteiger partial charge on any atom is 0.225 e. The third-order valence-electron chi connectivity index (χ3n) is 3.60. The van der Waals surface area contributed by atoms with Crippen LogP contribution in [0.25, 0.3) is 0 Å². The number of hydrogen-bond acceptors (Lipinski definition) is 4. The number of nitrogens with zero attached hydrogens (tertiary/aromatic N) is 2. The van der Waals surface area contributed by atoms with Crippen molar-refractivity contribution in [1.82, 2.24) is 9.21 Å². The Kier molecular flexibility index (Phi) is 7.18. The lowest BCUT2D eigenvalue weighted by atomic mass is 10.1. The number of para-hydroxylation sites is 1. The minimum atomic E-state index is -3.32. The fourth-order valence-electron chi connectivity index (χ4n) is 2.19. The van der Waals surface area contributed by atoms with Gasteiger partial charge in [0.15, 0.2) is 0 Å². The van der Waals surface area contributed by atoms with Crippen molar-refractivity contribution in [2.45, 2.75) is 20.3 Å². The number of carbonyl (C=O) groups is 1. The first-order valence-electron chi connectivity index (χ1n) is 7.57.